The Morgan fingerprint density at radius 1 is 1.35 bits per heavy atom. The lowest BCUT2D eigenvalue weighted by Crippen LogP contribution is -2.41. The Hall–Kier alpha value is -0.983. The molecule has 1 unspecified atom stereocenters. The van der Waals surface area contributed by atoms with Crippen LogP contribution < -0.4 is 0 Å². The standard InChI is InChI=1S/C26H46O4Si/c1-11-21(14-15-30-31(9,10)26(5,6)7)16-22(27)17-24-23(19(2)3)13-12-20(4)25(24)29-18-28-8/h11-12,16,22-25,27H,1-2,13-15,17-18H2,3-10H3/b21-16-/t22?,23-,24-,25-/m0/s1. The number of methoxy groups -OCH3 is 1. The third-order valence-electron chi connectivity index (χ3n) is 6.89. The first-order valence-electron chi connectivity index (χ1n) is 11.4. The van der Waals surface area contributed by atoms with Crippen LogP contribution in [0.2, 0.25) is 18.1 Å². The number of ether oxygens (including phenoxy) is 2. The molecule has 4 atom stereocenters. The van der Waals surface area contributed by atoms with E-state index in [0.29, 0.717) is 13.0 Å². The van der Waals surface area contributed by atoms with E-state index in [-0.39, 0.29) is 29.8 Å². The fraction of sp³-hybridized carbons (Fsp3) is 0.692. The zero-order valence-corrected chi connectivity index (χ0v) is 22.2. The van der Waals surface area contributed by atoms with Crippen LogP contribution >= 0.6 is 0 Å². The van der Waals surface area contributed by atoms with E-state index in [9.17, 15) is 5.11 Å². The highest BCUT2D eigenvalue weighted by Crippen LogP contribution is 2.39. The highest BCUT2D eigenvalue weighted by atomic mass is 28.4. The summed E-state index contributed by atoms with van der Waals surface area (Å²) in [5.74, 6) is 0.432. The Kier molecular flexibility index (Phi) is 11.1. The van der Waals surface area contributed by atoms with Crippen molar-refractivity contribution in [2.45, 2.75) is 84.2 Å². The van der Waals surface area contributed by atoms with Crippen LogP contribution in [0, 0.1) is 11.8 Å². The first-order chi connectivity index (χ1) is 14.3. The molecule has 0 aromatic heterocycles. The molecule has 0 saturated heterocycles. The molecule has 1 aliphatic carbocycles. The van der Waals surface area contributed by atoms with Crippen LogP contribution in [0.5, 0.6) is 0 Å². The van der Waals surface area contributed by atoms with Gasteiger partial charge in [-0.05, 0) is 74.2 Å². The predicted molar refractivity (Wildman–Crippen MR) is 134 cm³/mol. The second-order valence-corrected chi connectivity index (χ2v) is 15.2. The third kappa shape index (κ3) is 8.47. The maximum absolute atomic E-state index is 10.9. The zero-order chi connectivity index (χ0) is 23.8. The molecule has 4 nitrogen and oxygen atoms in total. The van der Waals surface area contributed by atoms with Gasteiger partial charge in [-0.25, -0.2) is 0 Å². The number of aliphatic hydroxyl groups is 1. The van der Waals surface area contributed by atoms with Gasteiger partial charge in [0.2, 0.25) is 0 Å². The summed E-state index contributed by atoms with van der Waals surface area (Å²) in [4.78, 5) is 0. The molecule has 0 aromatic rings. The van der Waals surface area contributed by atoms with Gasteiger partial charge in [0.25, 0.3) is 0 Å². The van der Waals surface area contributed by atoms with Crippen LogP contribution in [0.15, 0.2) is 48.1 Å². The van der Waals surface area contributed by atoms with Crippen molar-refractivity contribution < 1.29 is 19.0 Å². The maximum atomic E-state index is 10.9. The largest absolute Gasteiger partial charge is 0.416 e. The third-order valence-corrected chi connectivity index (χ3v) is 11.4. The SMILES string of the molecule is C=C/C(=C/C(O)C[C@H]1[C@H](C(=C)C)CC=C(C)[C@@H]1OCOC)CCO[Si](C)(C)C(C)(C)C. The van der Waals surface area contributed by atoms with Gasteiger partial charge >= 0.3 is 0 Å². The first kappa shape index (κ1) is 28.1. The molecule has 0 amide bonds. The fourth-order valence-corrected chi connectivity index (χ4v) is 4.94. The van der Waals surface area contributed by atoms with E-state index < -0.39 is 14.4 Å². The van der Waals surface area contributed by atoms with E-state index in [0.717, 1.165) is 24.0 Å². The summed E-state index contributed by atoms with van der Waals surface area (Å²) in [6.07, 6.45) is 7.63. The summed E-state index contributed by atoms with van der Waals surface area (Å²) in [6, 6.07) is 0. The fourth-order valence-electron chi connectivity index (χ4n) is 3.89. The van der Waals surface area contributed by atoms with E-state index in [1.54, 1.807) is 7.11 Å². The average molecular weight is 451 g/mol. The summed E-state index contributed by atoms with van der Waals surface area (Å²) in [7, 11) is -0.147. The summed E-state index contributed by atoms with van der Waals surface area (Å²) < 4.78 is 17.5. The van der Waals surface area contributed by atoms with Gasteiger partial charge in [-0.15, -0.1) is 0 Å². The molecule has 5 heteroatoms. The highest BCUT2D eigenvalue weighted by Gasteiger charge is 2.37. The highest BCUT2D eigenvalue weighted by molar-refractivity contribution is 6.74. The van der Waals surface area contributed by atoms with Crippen LogP contribution in [-0.2, 0) is 13.9 Å². The predicted octanol–water partition coefficient (Wildman–Crippen LogP) is 6.41. The van der Waals surface area contributed by atoms with Crippen molar-refractivity contribution in [1.29, 1.82) is 0 Å². The molecule has 1 rings (SSSR count). The van der Waals surface area contributed by atoms with Crippen molar-refractivity contribution in [3.63, 3.8) is 0 Å². The molecule has 178 valence electrons. The van der Waals surface area contributed by atoms with E-state index in [4.69, 9.17) is 13.9 Å². The van der Waals surface area contributed by atoms with E-state index in [1.807, 2.05) is 12.2 Å². The normalized spacial score (nSPS) is 24.0. The van der Waals surface area contributed by atoms with Crippen LogP contribution in [-0.4, -0.2) is 46.1 Å². The molecule has 1 N–H and O–H groups in total. The van der Waals surface area contributed by atoms with Crippen LogP contribution in [0.4, 0.5) is 0 Å². The minimum absolute atomic E-state index is 0.0763. The van der Waals surface area contributed by atoms with Crippen molar-refractivity contribution >= 4 is 8.32 Å². The van der Waals surface area contributed by atoms with Crippen molar-refractivity contribution in [2.75, 3.05) is 20.5 Å². The Labute approximate surface area is 192 Å². The number of hydrogen-bond acceptors (Lipinski definition) is 4. The summed E-state index contributed by atoms with van der Waals surface area (Å²) in [5, 5.41) is 11.1. The van der Waals surface area contributed by atoms with Crippen molar-refractivity contribution in [1.82, 2.24) is 0 Å². The molecule has 0 bridgehead atoms. The van der Waals surface area contributed by atoms with Crippen LogP contribution in [0.25, 0.3) is 0 Å². The molecule has 0 aliphatic heterocycles. The zero-order valence-electron chi connectivity index (χ0n) is 21.2. The summed E-state index contributed by atoms with van der Waals surface area (Å²) in [6.45, 7) is 24.4. The lowest BCUT2D eigenvalue weighted by molar-refractivity contribution is -0.0904. The van der Waals surface area contributed by atoms with Gasteiger partial charge in [-0.3, -0.25) is 0 Å². The number of allylic oxidation sites excluding steroid dienone is 3. The molecule has 1 aliphatic rings. The minimum Gasteiger partial charge on any atom is -0.416 e. The Balaban J connectivity index is 2.86. The number of aliphatic hydroxyl groups excluding tert-OH is 1. The monoisotopic (exact) mass is 450 g/mol. The van der Waals surface area contributed by atoms with Gasteiger partial charge < -0.3 is 19.0 Å². The van der Waals surface area contributed by atoms with Gasteiger partial charge in [0.05, 0.1) is 12.2 Å². The van der Waals surface area contributed by atoms with Gasteiger partial charge in [-0.1, -0.05) is 57.7 Å². The molecular formula is C26H46O4Si. The lowest BCUT2D eigenvalue weighted by Gasteiger charge is -2.38. The quantitative estimate of drug-likeness (QED) is 0.161. The van der Waals surface area contributed by atoms with E-state index in [2.05, 4.69) is 66.9 Å². The maximum Gasteiger partial charge on any atom is 0.191 e. The molecule has 0 saturated carbocycles. The molecule has 31 heavy (non-hydrogen) atoms. The molecule has 0 heterocycles. The van der Waals surface area contributed by atoms with Crippen molar-refractivity contribution in [3.8, 4) is 0 Å². The number of hydrogen-bond donors (Lipinski definition) is 1. The second kappa shape index (κ2) is 12.3. The van der Waals surface area contributed by atoms with Gasteiger partial charge in [-0.2, -0.15) is 0 Å². The minimum atomic E-state index is -1.78. The van der Waals surface area contributed by atoms with E-state index >= 15 is 0 Å². The van der Waals surface area contributed by atoms with Gasteiger partial charge in [0.15, 0.2) is 8.32 Å². The molecule has 0 aromatic carbocycles. The van der Waals surface area contributed by atoms with Gasteiger partial charge in [0.1, 0.15) is 6.79 Å². The van der Waals surface area contributed by atoms with Crippen molar-refractivity contribution in [2.24, 2.45) is 11.8 Å². The van der Waals surface area contributed by atoms with Crippen molar-refractivity contribution in [3.05, 3.63) is 48.1 Å². The number of rotatable bonds is 12. The Morgan fingerprint density at radius 3 is 2.52 bits per heavy atom. The first-order valence-corrected chi connectivity index (χ1v) is 14.3. The summed E-state index contributed by atoms with van der Waals surface area (Å²) in [5.41, 5.74) is 3.35. The smallest absolute Gasteiger partial charge is 0.191 e. The molecular weight excluding hydrogens is 404 g/mol. The molecule has 0 spiro atoms. The molecule has 0 fully saturated rings. The van der Waals surface area contributed by atoms with Gasteiger partial charge in [0, 0.05) is 13.7 Å². The topological polar surface area (TPSA) is 47.9 Å². The lowest BCUT2D eigenvalue weighted by atomic mass is 9.72. The van der Waals surface area contributed by atoms with Crippen LogP contribution in [0.3, 0.4) is 0 Å². The summed E-state index contributed by atoms with van der Waals surface area (Å²) >= 11 is 0. The average Bonchev–Trinajstić information content (AvgIpc) is 2.65. The Bertz CT molecular complexity index is 657. The molecule has 0 radical (unpaired) electrons. The Morgan fingerprint density at radius 2 is 2.00 bits per heavy atom. The van der Waals surface area contributed by atoms with E-state index in [1.165, 1.54) is 5.57 Å². The second-order valence-electron chi connectivity index (χ2n) is 10.4. The van der Waals surface area contributed by atoms with Crippen LogP contribution in [0.1, 0.15) is 53.9 Å².